The summed E-state index contributed by atoms with van der Waals surface area (Å²) in [6.07, 6.45) is 1.40. The molecule has 0 aliphatic heterocycles. The van der Waals surface area contributed by atoms with Gasteiger partial charge in [0.2, 0.25) is 5.95 Å². The van der Waals surface area contributed by atoms with Crippen LogP contribution in [0.1, 0.15) is 16.1 Å². The number of carboxylic acid groups (broad SMARTS) is 1. The van der Waals surface area contributed by atoms with Crippen molar-refractivity contribution in [1.29, 1.82) is 0 Å². The van der Waals surface area contributed by atoms with Crippen molar-refractivity contribution in [2.24, 2.45) is 7.05 Å². The van der Waals surface area contributed by atoms with E-state index >= 15 is 0 Å². The second-order valence-corrected chi connectivity index (χ2v) is 6.42. The molecular formula is C21H18N4O3. The fourth-order valence-electron chi connectivity index (χ4n) is 2.85. The summed E-state index contributed by atoms with van der Waals surface area (Å²) in [5.41, 5.74) is 3.80. The number of carboxylic acids is 1. The van der Waals surface area contributed by atoms with Crippen LogP contribution in [0.2, 0.25) is 0 Å². The molecule has 0 bridgehead atoms. The van der Waals surface area contributed by atoms with E-state index < -0.39 is 5.97 Å². The van der Waals surface area contributed by atoms with Gasteiger partial charge in [-0.05, 0) is 37.3 Å². The van der Waals surface area contributed by atoms with Crippen molar-refractivity contribution in [1.82, 2.24) is 14.5 Å². The number of benzene rings is 2. The number of fused-ring (bicyclic) bond motifs is 1. The molecule has 2 N–H and O–H groups in total. The van der Waals surface area contributed by atoms with E-state index in [4.69, 9.17) is 9.84 Å². The van der Waals surface area contributed by atoms with E-state index in [1.165, 1.54) is 17.8 Å². The molecule has 0 spiro atoms. The first-order valence-electron chi connectivity index (χ1n) is 8.67. The third kappa shape index (κ3) is 3.50. The number of ether oxygens (including phenoxy) is 1. The van der Waals surface area contributed by atoms with Gasteiger partial charge >= 0.3 is 5.97 Å². The molecule has 0 aliphatic rings. The Labute approximate surface area is 161 Å². The van der Waals surface area contributed by atoms with Gasteiger partial charge in [-0.1, -0.05) is 17.7 Å². The van der Waals surface area contributed by atoms with Gasteiger partial charge in [0, 0.05) is 31.1 Å². The molecule has 28 heavy (non-hydrogen) atoms. The third-order valence-corrected chi connectivity index (χ3v) is 4.35. The minimum Gasteiger partial charge on any atom is -0.477 e. The van der Waals surface area contributed by atoms with Gasteiger partial charge in [-0.3, -0.25) is 0 Å². The molecule has 0 saturated carbocycles. The van der Waals surface area contributed by atoms with Gasteiger partial charge in [0.15, 0.2) is 5.69 Å². The Kier molecular flexibility index (Phi) is 4.41. The molecule has 0 saturated heterocycles. The molecule has 2 heterocycles. The fourth-order valence-corrected chi connectivity index (χ4v) is 2.85. The van der Waals surface area contributed by atoms with Crippen molar-refractivity contribution in [3.63, 3.8) is 0 Å². The van der Waals surface area contributed by atoms with Crippen molar-refractivity contribution in [2.75, 3.05) is 5.32 Å². The zero-order valence-electron chi connectivity index (χ0n) is 15.4. The normalized spacial score (nSPS) is 10.8. The SMILES string of the molecule is Cc1ccc(Nc2nc3cc(Oc4ccnc(C(=O)O)c4)ccc3n2C)cc1. The lowest BCUT2D eigenvalue weighted by atomic mass is 10.2. The Morgan fingerprint density at radius 2 is 1.82 bits per heavy atom. The Morgan fingerprint density at radius 3 is 2.57 bits per heavy atom. The lowest BCUT2D eigenvalue weighted by Gasteiger charge is -2.07. The van der Waals surface area contributed by atoms with E-state index in [1.54, 1.807) is 6.07 Å². The van der Waals surface area contributed by atoms with Crippen LogP contribution in [0.5, 0.6) is 11.5 Å². The maximum absolute atomic E-state index is 11.1. The summed E-state index contributed by atoms with van der Waals surface area (Å²) < 4.78 is 7.75. The average molecular weight is 374 g/mol. The average Bonchev–Trinajstić information content (AvgIpc) is 2.99. The third-order valence-electron chi connectivity index (χ3n) is 4.35. The van der Waals surface area contributed by atoms with Gasteiger partial charge in [0.25, 0.3) is 0 Å². The van der Waals surface area contributed by atoms with Gasteiger partial charge < -0.3 is 19.7 Å². The number of carbonyl (C=O) groups is 1. The minimum absolute atomic E-state index is 0.0685. The zero-order chi connectivity index (χ0) is 19.7. The molecule has 2 aromatic heterocycles. The molecule has 2 aromatic carbocycles. The number of rotatable bonds is 5. The topological polar surface area (TPSA) is 89.3 Å². The lowest BCUT2D eigenvalue weighted by molar-refractivity contribution is 0.0690. The molecule has 0 atom stereocenters. The molecule has 0 unspecified atom stereocenters. The Balaban J connectivity index is 1.61. The number of hydrogen-bond donors (Lipinski definition) is 2. The van der Waals surface area contributed by atoms with Crippen molar-refractivity contribution < 1.29 is 14.6 Å². The number of pyridine rings is 1. The van der Waals surface area contributed by atoms with Crippen molar-refractivity contribution in [3.05, 3.63) is 72.1 Å². The second kappa shape index (κ2) is 7.03. The van der Waals surface area contributed by atoms with E-state index in [0.717, 1.165) is 16.7 Å². The van der Waals surface area contributed by atoms with E-state index in [2.05, 4.69) is 15.3 Å². The number of nitrogens with zero attached hydrogens (tertiary/aromatic N) is 3. The van der Waals surface area contributed by atoms with Gasteiger partial charge in [-0.15, -0.1) is 0 Å². The number of aromatic carboxylic acids is 1. The van der Waals surface area contributed by atoms with Crippen LogP contribution in [-0.4, -0.2) is 25.6 Å². The standard InChI is InChI=1S/C21H18N4O3/c1-13-3-5-14(6-4-13)23-21-24-17-11-15(7-8-19(17)25(21)2)28-16-9-10-22-18(12-16)20(26)27/h3-12H,1-2H3,(H,23,24)(H,26,27). The van der Waals surface area contributed by atoms with Crippen LogP contribution in [0.25, 0.3) is 11.0 Å². The number of nitrogens with one attached hydrogen (secondary N) is 1. The van der Waals surface area contributed by atoms with Crippen LogP contribution in [0.3, 0.4) is 0 Å². The van der Waals surface area contributed by atoms with Crippen molar-refractivity contribution >= 4 is 28.6 Å². The molecule has 4 rings (SSSR count). The summed E-state index contributed by atoms with van der Waals surface area (Å²) in [4.78, 5) is 19.5. The number of aryl methyl sites for hydroxylation is 2. The highest BCUT2D eigenvalue weighted by atomic mass is 16.5. The minimum atomic E-state index is -1.10. The molecule has 7 nitrogen and oxygen atoms in total. The quantitative estimate of drug-likeness (QED) is 0.534. The highest BCUT2D eigenvalue weighted by Crippen LogP contribution is 2.28. The summed E-state index contributed by atoms with van der Waals surface area (Å²) in [5, 5.41) is 12.4. The Bertz CT molecular complexity index is 1170. The zero-order valence-corrected chi connectivity index (χ0v) is 15.4. The molecule has 7 heteroatoms. The first-order valence-corrected chi connectivity index (χ1v) is 8.67. The fraction of sp³-hybridized carbons (Fsp3) is 0.0952. The summed E-state index contributed by atoms with van der Waals surface area (Å²) in [6, 6.07) is 16.6. The highest BCUT2D eigenvalue weighted by Gasteiger charge is 2.11. The first-order chi connectivity index (χ1) is 13.5. The number of imidazole rings is 1. The Morgan fingerprint density at radius 1 is 1.07 bits per heavy atom. The van der Waals surface area contributed by atoms with Gasteiger partial charge in [-0.25, -0.2) is 14.8 Å². The summed E-state index contributed by atoms with van der Waals surface area (Å²) in [7, 11) is 1.94. The summed E-state index contributed by atoms with van der Waals surface area (Å²) >= 11 is 0. The van der Waals surface area contributed by atoms with E-state index in [-0.39, 0.29) is 5.69 Å². The molecule has 0 radical (unpaired) electrons. The summed E-state index contributed by atoms with van der Waals surface area (Å²) in [5.74, 6) is 0.584. The second-order valence-electron chi connectivity index (χ2n) is 6.42. The molecule has 0 amide bonds. The number of hydrogen-bond acceptors (Lipinski definition) is 5. The van der Waals surface area contributed by atoms with Crippen LogP contribution in [-0.2, 0) is 7.05 Å². The molecule has 140 valence electrons. The Hall–Kier alpha value is -3.87. The van der Waals surface area contributed by atoms with Crippen LogP contribution in [0.4, 0.5) is 11.6 Å². The van der Waals surface area contributed by atoms with E-state index in [1.807, 2.05) is 61.0 Å². The first kappa shape index (κ1) is 17.5. The van der Waals surface area contributed by atoms with E-state index in [9.17, 15) is 4.79 Å². The number of anilines is 2. The largest absolute Gasteiger partial charge is 0.477 e. The molecular weight excluding hydrogens is 356 g/mol. The van der Waals surface area contributed by atoms with Crippen molar-refractivity contribution in [2.45, 2.75) is 6.92 Å². The maximum atomic E-state index is 11.1. The van der Waals surface area contributed by atoms with Gasteiger partial charge in [0.05, 0.1) is 11.0 Å². The van der Waals surface area contributed by atoms with Gasteiger partial charge in [0.1, 0.15) is 11.5 Å². The monoisotopic (exact) mass is 374 g/mol. The molecule has 0 fully saturated rings. The van der Waals surface area contributed by atoms with Crippen LogP contribution in [0, 0.1) is 6.92 Å². The summed E-state index contributed by atoms with van der Waals surface area (Å²) in [6.45, 7) is 2.04. The van der Waals surface area contributed by atoms with Crippen LogP contribution in [0.15, 0.2) is 60.8 Å². The smallest absolute Gasteiger partial charge is 0.354 e. The molecule has 4 aromatic rings. The highest BCUT2D eigenvalue weighted by molar-refractivity contribution is 5.85. The molecule has 0 aliphatic carbocycles. The van der Waals surface area contributed by atoms with E-state index in [0.29, 0.717) is 17.4 Å². The number of aromatic nitrogens is 3. The predicted molar refractivity (Wildman–Crippen MR) is 106 cm³/mol. The lowest BCUT2D eigenvalue weighted by Crippen LogP contribution is -1.99. The van der Waals surface area contributed by atoms with Crippen LogP contribution >= 0.6 is 0 Å². The predicted octanol–water partition coefficient (Wildman–Crippen LogP) is 4.51. The van der Waals surface area contributed by atoms with Crippen molar-refractivity contribution in [3.8, 4) is 11.5 Å². The van der Waals surface area contributed by atoms with Crippen LogP contribution < -0.4 is 10.1 Å². The maximum Gasteiger partial charge on any atom is 0.354 e. The van der Waals surface area contributed by atoms with Gasteiger partial charge in [-0.2, -0.15) is 0 Å².